The Hall–Kier alpha value is -2.96. The molecule has 1 heterocycles. The summed E-state index contributed by atoms with van der Waals surface area (Å²) in [5.74, 6) is -0.522. The summed E-state index contributed by atoms with van der Waals surface area (Å²) < 4.78 is 14.3. The van der Waals surface area contributed by atoms with Crippen molar-refractivity contribution >= 4 is 23.7 Å². The number of anilines is 1. The van der Waals surface area contributed by atoms with E-state index in [9.17, 15) is 14.0 Å². The fourth-order valence-corrected chi connectivity index (χ4v) is 2.41. The zero-order chi connectivity index (χ0) is 18.4. The number of aromatic nitrogens is 2. The zero-order valence-corrected chi connectivity index (χ0v) is 14.5. The van der Waals surface area contributed by atoms with Gasteiger partial charge in [0, 0.05) is 26.3 Å². The highest BCUT2D eigenvalue weighted by Crippen LogP contribution is 2.21. The number of carbonyl (C=O) groups is 1. The lowest BCUT2D eigenvalue weighted by atomic mass is 10.1. The van der Waals surface area contributed by atoms with E-state index in [1.54, 1.807) is 24.3 Å². The third kappa shape index (κ3) is 4.32. The lowest BCUT2D eigenvalue weighted by Gasteiger charge is -2.21. The second-order valence-corrected chi connectivity index (χ2v) is 5.31. The van der Waals surface area contributed by atoms with Crippen molar-refractivity contribution in [1.82, 2.24) is 15.3 Å². The molecular weight excluding hydrogens is 323 g/mol. The fraction of sp³-hybridized carbons (Fsp3) is 0.278. The van der Waals surface area contributed by atoms with Crippen molar-refractivity contribution < 1.29 is 9.18 Å². The Bertz CT molecular complexity index is 841. The topological polar surface area (TPSA) is 78.1 Å². The van der Waals surface area contributed by atoms with Crippen LogP contribution in [0.4, 0.5) is 10.1 Å². The molecule has 0 fully saturated rings. The van der Waals surface area contributed by atoms with Crippen molar-refractivity contribution in [1.29, 1.82) is 0 Å². The molecule has 6 nitrogen and oxygen atoms in total. The van der Waals surface area contributed by atoms with Gasteiger partial charge >= 0.3 is 0 Å². The second kappa shape index (κ2) is 8.23. The Kier molecular flexibility index (Phi) is 6.05. The van der Waals surface area contributed by atoms with Gasteiger partial charge < -0.3 is 15.2 Å². The van der Waals surface area contributed by atoms with Crippen molar-refractivity contribution in [3.8, 4) is 0 Å². The molecule has 0 saturated heterocycles. The first-order valence-electron chi connectivity index (χ1n) is 8.04. The number of hydrogen-bond donors (Lipinski definition) is 2. The molecule has 1 aromatic carbocycles. The first-order valence-corrected chi connectivity index (χ1v) is 8.04. The number of benzene rings is 1. The molecule has 7 heteroatoms. The van der Waals surface area contributed by atoms with Gasteiger partial charge in [-0.1, -0.05) is 12.1 Å². The van der Waals surface area contributed by atoms with Gasteiger partial charge in [-0.15, -0.1) is 0 Å². The molecule has 2 rings (SSSR count). The average Bonchev–Trinajstić information content (AvgIpc) is 2.62. The number of carbonyl (C=O) groups excluding carboxylic acids is 1. The first-order chi connectivity index (χ1) is 12.0. The number of amides is 1. The van der Waals surface area contributed by atoms with Crippen LogP contribution in [0, 0.1) is 5.82 Å². The summed E-state index contributed by atoms with van der Waals surface area (Å²) in [4.78, 5) is 31.8. The van der Waals surface area contributed by atoms with Gasteiger partial charge in [0.05, 0.1) is 5.69 Å². The summed E-state index contributed by atoms with van der Waals surface area (Å²) in [6.45, 7) is 5.40. The highest BCUT2D eigenvalue weighted by Gasteiger charge is 2.10. The molecule has 1 aromatic heterocycles. The summed E-state index contributed by atoms with van der Waals surface area (Å²) in [5, 5.41) is 2.37. The predicted molar refractivity (Wildman–Crippen MR) is 97.1 cm³/mol. The highest BCUT2D eigenvalue weighted by molar-refractivity contribution is 5.93. The van der Waals surface area contributed by atoms with Gasteiger partial charge in [0.15, 0.2) is 0 Å². The molecule has 1 amide bonds. The van der Waals surface area contributed by atoms with E-state index >= 15 is 0 Å². The van der Waals surface area contributed by atoms with Crippen LogP contribution in [0.2, 0.25) is 0 Å². The van der Waals surface area contributed by atoms with Gasteiger partial charge in [0.25, 0.3) is 11.5 Å². The molecule has 0 aliphatic heterocycles. The highest BCUT2D eigenvalue weighted by atomic mass is 19.1. The van der Waals surface area contributed by atoms with E-state index in [4.69, 9.17) is 0 Å². The van der Waals surface area contributed by atoms with Gasteiger partial charge in [-0.25, -0.2) is 9.37 Å². The molecule has 25 heavy (non-hydrogen) atoms. The monoisotopic (exact) mass is 344 g/mol. The maximum absolute atomic E-state index is 14.3. The minimum absolute atomic E-state index is 0.0609. The van der Waals surface area contributed by atoms with Crippen LogP contribution >= 0.6 is 0 Å². The number of hydrogen-bond acceptors (Lipinski definition) is 4. The van der Waals surface area contributed by atoms with E-state index in [1.165, 1.54) is 19.3 Å². The van der Waals surface area contributed by atoms with E-state index in [1.807, 2.05) is 18.7 Å². The van der Waals surface area contributed by atoms with Gasteiger partial charge in [0.1, 0.15) is 17.2 Å². The molecule has 0 aliphatic carbocycles. The number of nitrogens with one attached hydrogen (secondary N) is 2. The number of nitrogens with zero attached hydrogens (tertiary/aromatic N) is 2. The molecular formula is C18H21FN4O2. The predicted octanol–water partition coefficient (Wildman–Crippen LogP) is 2.29. The number of halogens is 1. The van der Waals surface area contributed by atoms with Crippen molar-refractivity contribution in [3.63, 3.8) is 0 Å². The Balaban J connectivity index is 2.22. The van der Waals surface area contributed by atoms with Crippen molar-refractivity contribution in [2.24, 2.45) is 0 Å². The molecule has 132 valence electrons. The first kappa shape index (κ1) is 18.4. The third-order valence-electron chi connectivity index (χ3n) is 3.80. The van der Waals surface area contributed by atoms with E-state index in [2.05, 4.69) is 15.3 Å². The molecule has 0 bridgehead atoms. The Morgan fingerprint density at radius 2 is 2.04 bits per heavy atom. The largest absolute Gasteiger partial charge is 0.370 e. The number of rotatable bonds is 6. The van der Waals surface area contributed by atoms with Crippen LogP contribution in [0.15, 0.2) is 29.2 Å². The van der Waals surface area contributed by atoms with Crippen LogP contribution in [-0.2, 0) is 0 Å². The lowest BCUT2D eigenvalue weighted by molar-refractivity contribution is 0.0961. The van der Waals surface area contributed by atoms with Crippen molar-refractivity contribution in [2.75, 3.05) is 25.0 Å². The fourth-order valence-electron chi connectivity index (χ4n) is 2.41. The van der Waals surface area contributed by atoms with E-state index in [0.29, 0.717) is 11.3 Å². The second-order valence-electron chi connectivity index (χ2n) is 5.31. The van der Waals surface area contributed by atoms with Crippen LogP contribution < -0.4 is 15.8 Å². The van der Waals surface area contributed by atoms with E-state index < -0.39 is 11.5 Å². The number of aromatic amines is 1. The Morgan fingerprint density at radius 3 is 2.60 bits per heavy atom. The molecule has 0 unspecified atom stereocenters. The summed E-state index contributed by atoms with van der Waals surface area (Å²) >= 11 is 0. The Morgan fingerprint density at radius 1 is 1.32 bits per heavy atom. The normalized spacial score (nSPS) is 10.9. The molecule has 2 aromatic rings. The van der Waals surface area contributed by atoms with Crippen LogP contribution in [0.5, 0.6) is 0 Å². The van der Waals surface area contributed by atoms with Crippen molar-refractivity contribution in [3.05, 3.63) is 57.5 Å². The molecule has 2 N–H and O–H groups in total. The van der Waals surface area contributed by atoms with Crippen LogP contribution in [0.25, 0.3) is 12.2 Å². The Labute approximate surface area is 145 Å². The van der Waals surface area contributed by atoms with Crippen LogP contribution in [-0.4, -0.2) is 36.0 Å². The average molecular weight is 344 g/mol. The molecule has 0 atom stereocenters. The standard InChI is InChI=1S/C18H21FN4O2/c1-4-23(5-2)15-8-6-12(10-14(15)19)7-9-16-21-11-13(17(24)20-3)18(25)22-16/h6-11H,4-5H2,1-3H3,(H,20,24)(H,21,22,25). The molecule has 0 saturated carbocycles. The smallest absolute Gasteiger partial charge is 0.263 e. The minimum Gasteiger partial charge on any atom is -0.370 e. The summed E-state index contributed by atoms with van der Waals surface area (Å²) in [5.41, 5.74) is 0.612. The molecule has 0 aliphatic rings. The summed E-state index contributed by atoms with van der Waals surface area (Å²) in [7, 11) is 1.44. The van der Waals surface area contributed by atoms with E-state index in [-0.39, 0.29) is 17.2 Å². The zero-order valence-electron chi connectivity index (χ0n) is 14.5. The van der Waals surface area contributed by atoms with Gasteiger partial charge in [-0.05, 0) is 37.6 Å². The van der Waals surface area contributed by atoms with Crippen molar-refractivity contribution in [2.45, 2.75) is 13.8 Å². The summed E-state index contributed by atoms with van der Waals surface area (Å²) in [6.07, 6.45) is 4.41. The van der Waals surface area contributed by atoms with Gasteiger partial charge in [-0.3, -0.25) is 9.59 Å². The summed E-state index contributed by atoms with van der Waals surface area (Å²) in [6, 6.07) is 4.96. The maximum Gasteiger partial charge on any atom is 0.263 e. The number of H-pyrrole nitrogens is 1. The van der Waals surface area contributed by atoms with Crippen LogP contribution in [0.3, 0.4) is 0 Å². The maximum atomic E-state index is 14.3. The third-order valence-corrected chi connectivity index (χ3v) is 3.80. The lowest BCUT2D eigenvalue weighted by Crippen LogP contribution is -2.27. The van der Waals surface area contributed by atoms with Crippen LogP contribution in [0.1, 0.15) is 35.6 Å². The van der Waals surface area contributed by atoms with E-state index in [0.717, 1.165) is 13.1 Å². The minimum atomic E-state index is -0.530. The molecule has 0 spiro atoms. The molecule has 0 radical (unpaired) electrons. The SMILES string of the molecule is CCN(CC)c1ccc(C=Cc2ncc(C(=O)NC)c(=O)[nH]2)cc1F. The van der Waals surface area contributed by atoms with Gasteiger partial charge in [0.2, 0.25) is 0 Å². The van der Waals surface area contributed by atoms with Gasteiger partial charge in [-0.2, -0.15) is 0 Å². The quantitative estimate of drug-likeness (QED) is 0.843.